The summed E-state index contributed by atoms with van der Waals surface area (Å²) in [5, 5.41) is 1.90. The first-order valence-electron chi connectivity index (χ1n) is 8.12. The minimum atomic E-state index is -3.60. The van der Waals surface area contributed by atoms with Crippen LogP contribution >= 0.6 is 11.3 Å². The first kappa shape index (κ1) is 18.5. The van der Waals surface area contributed by atoms with E-state index in [4.69, 9.17) is 4.74 Å². The van der Waals surface area contributed by atoms with Gasteiger partial charge >= 0.3 is 5.97 Å². The fraction of sp³-hybridized carbons (Fsp3) is 0.222. The first-order valence-corrected chi connectivity index (χ1v) is 10.4. The van der Waals surface area contributed by atoms with Crippen molar-refractivity contribution < 1.29 is 17.9 Å². The second-order valence-corrected chi connectivity index (χ2v) is 8.39. The molecule has 6 nitrogen and oxygen atoms in total. The Kier molecular flexibility index (Phi) is 5.36. The summed E-state index contributed by atoms with van der Waals surface area (Å²) in [7, 11) is -3.60. The van der Waals surface area contributed by atoms with Crippen LogP contribution in [0.25, 0.3) is 6.08 Å². The molecule has 2 aromatic rings. The number of carbonyl (C=O) groups excluding carboxylic acids is 1. The highest BCUT2D eigenvalue weighted by molar-refractivity contribution is 7.89. The summed E-state index contributed by atoms with van der Waals surface area (Å²) < 4.78 is 31.9. The lowest BCUT2D eigenvalue weighted by atomic mass is 10.2. The lowest BCUT2D eigenvalue weighted by Gasteiger charge is -2.18. The number of benzene rings is 1. The van der Waals surface area contributed by atoms with Crippen LogP contribution in [0.4, 0.5) is 0 Å². The largest absolute Gasteiger partial charge is 0.402 e. The summed E-state index contributed by atoms with van der Waals surface area (Å²) in [6, 6.07) is 10.0. The van der Waals surface area contributed by atoms with Crippen molar-refractivity contribution in [3.63, 3.8) is 0 Å². The molecule has 2 heterocycles. The molecule has 0 atom stereocenters. The van der Waals surface area contributed by atoms with Crippen LogP contribution in [0.5, 0.6) is 0 Å². The number of nitrogens with zero attached hydrogens (tertiary/aromatic N) is 2. The van der Waals surface area contributed by atoms with E-state index in [2.05, 4.69) is 4.99 Å². The third kappa shape index (κ3) is 3.62. The van der Waals surface area contributed by atoms with Crippen LogP contribution in [0, 0.1) is 0 Å². The fourth-order valence-electron chi connectivity index (χ4n) is 2.54. The van der Waals surface area contributed by atoms with E-state index in [1.165, 1.54) is 27.8 Å². The quantitative estimate of drug-likeness (QED) is 0.561. The predicted octanol–water partition coefficient (Wildman–Crippen LogP) is 3.12. The van der Waals surface area contributed by atoms with Crippen molar-refractivity contribution in [2.24, 2.45) is 4.99 Å². The van der Waals surface area contributed by atoms with Crippen LogP contribution < -0.4 is 0 Å². The lowest BCUT2D eigenvalue weighted by Crippen LogP contribution is -2.30. The van der Waals surface area contributed by atoms with Gasteiger partial charge in [0.1, 0.15) is 0 Å². The number of carbonyl (C=O) groups is 1. The number of ether oxygens (including phenoxy) is 1. The van der Waals surface area contributed by atoms with Crippen LogP contribution in [-0.2, 0) is 19.6 Å². The van der Waals surface area contributed by atoms with Crippen LogP contribution in [-0.4, -0.2) is 37.7 Å². The van der Waals surface area contributed by atoms with Gasteiger partial charge < -0.3 is 4.74 Å². The third-order valence-electron chi connectivity index (χ3n) is 3.87. The number of hydrogen-bond donors (Lipinski definition) is 0. The summed E-state index contributed by atoms with van der Waals surface area (Å²) in [6.45, 7) is 4.34. The van der Waals surface area contributed by atoms with E-state index in [0.717, 1.165) is 4.88 Å². The van der Waals surface area contributed by atoms with Gasteiger partial charge in [-0.1, -0.05) is 26.0 Å². The maximum atomic E-state index is 12.7. The molecule has 0 fully saturated rings. The first-order chi connectivity index (χ1) is 12.5. The van der Waals surface area contributed by atoms with E-state index in [-0.39, 0.29) is 16.5 Å². The second kappa shape index (κ2) is 7.53. The molecule has 0 N–H and O–H groups in total. The van der Waals surface area contributed by atoms with Gasteiger partial charge in [0.25, 0.3) is 0 Å². The molecule has 1 aromatic carbocycles. The molecule has 0 amide bonds. The zero-order valence-electron chi connectivity index (χ0n) is 14.4. The van der Waals surface area contributed by atoms with E-state index >= 15 is 0 Å². The Hall–Kier alpha value is -2.29. The summed E-state index contributed by atoms with van der Waals surface area (Å²) in [5.74, 6) is -0.445. The van der Waals surface area contributed by atoms with E-state index < -0.39 is 16.0 Å². The third-order valence-corrected chi connectivity index (χ3v) is 6.73. The smallest absolute Gasteiger partial charge is 0.363 e. The highest BCUT2D eigenvalue weighted by atomic mass is 32.2. The standard InChI is InChI=1S/C18H18N2O4S2/c1-3-20(4-2)26(22,23)15-9-5-7-13(11-15)17-19-16(18(21)24-17)12-14-8-6-10-25-14/h5-12H,3-4H2,1-2H3. The van der Waals surface area contributed by atoms with Gasteiger partial charge in [-0.25, -0.2) is 18.2 Å². The lowest BCUT2D eigenvalue weighted by molar-refractivity contribution is -0.129. The Labute approximate surface area is 156 Å². The summed E-state index contributed by atoms with van der Waals surface area (Å²) in [5.41, 5.74) is 0.639. The monoisotopic (exact) mass is 390 g/mol. The van der Waals surface area contributed by atoms with Crippen LogP contribution in [0.1, 0.15) is 24.3 Å². The van der Waals surface area contributed by atoms with E-state index in [9.17, 15) is 13.2 Å². The van der Waals surface area contributed by atoms with Crippen molar-refractivity contribution in [1.29, 1.82) is 0 Å². The average molecular weight is 390 g/mol. The number of sulfonamides is 1. The number of hydrogen-bond acceptors (Lipinski definition) is 6. The van der Waals surface area contributed by atoms with Crippen molar-refractivity contribution in [2.75, 3.05) is 13.1 Å². The van der Waals surface area contributed by atoms with Crippen LogP contribution in [0.3, 0.4) is 0 Å². The van der Waals surface area contributed by atoms with E-state index in [1.807, 2.05) is 17.5 Å². The molecule has 0 saturated carbocycles. The molecular formula is C18H18N2O4S2. The van der Waals surface area contributed by atoms with Crippen LogP contribution in [0.2, 0.25) is 0 Å². The molecule has 0 bridgehead atoms. The van der Waals surface area contributed by atoms with Crippen molar-refractivity contribution in [1.82, 2.24) is 4.31 Å². The van der Waals surface area contributed by atoms with Crippen molar-refractivity contribution in [3.8, 4) is 0 Å². The molecule has 1 aromatic heterocycles. The molecule has 1 aliphatic heterocycles. The summed E-state index contributed by atoms with van der Waals surface area (Å²) in [4.78, 5) is 17.3. The molecule has 1 aliphatic rings. The number of esters is 1. The molecule has 0 aliphatic carbocycles. The van der Waals surface area contributed by atoms with E-state index in [1.54, 1.807) is 32.1 Å². The van der Waals surface area contributed by atoms with Gasteiger partial charge in [-0.3, -0.25) is 0 Å². The van der Waals surface area contributed by atoms with Gasteiger partial charge in [-0.15, -0.1) is 11.3 Å². The molecule has 0 spiro atoms. The normalized spacial score (nSPS) is 16.2. The molecule has 26 heavy (non-hydrogen) atoms. The maximum absolute atomic E-state index is 12.7. The summed E-state index contributed by atoms with van der Waals surface area (Å²) >= 11 is 1.48. The Morgan fingerprint density at radius 3 is 2.62 bits per heavy atom. The number of rotatable bonds is 6. The second-order valence-electron chi connectivity index (χ2n) is 5.47. The Bertz CT molecular complexity index is 972. The van der Waals surface area contributed by atoms with E-state index in [0.29, 0.717) is 18.7 Å². The minimum absolute atomic E-state index is 0.106. The Morgan fingerprint density at radius 2 is 1.96 bits per heavy atom. The van der Waals surface area contributed by atoms with Gasteiger partial charge in [-0.2, -0.15) is 4.31 Å². The highest BCUT2D eigenvalue weighted by Gasteiger charge is 2.27. The molecule has 3 rings (SSSR count). The zero-order chi connectivity index (χ0) is 18.7. The molecule has 8 heteroatoms. The zero-order valence-corrected chi connectivity index (χ0v) is 16.0. The number of cyclic esters (lactones) is 1. The minimum Gasteiger partial charge on any atom is -0.402 e. The molecule has 0 saturated heterocycles. The number of thiophene rings is 1. The van der Waals surface area contributed by atoms with Crippen molar-refractivity contribution >= 4 is 39.3 Å². The van der Waals surface area contributed by atoms with Gasteiger partial charge in [0.2, 0.25) is 15.9 Å². The van der Waals surface area contributed by atoms with Crippen molar-refractivity contribution in [3.05, 3.63) is 57.9 Å². The molecular weight excluding hydrogens is 372 g/mol. The van der Waals surface area contributed by atoms with Gasteiger partial charge in [0.15, 0.2) is 5.70 Å². The maximum Gasteiger partial charge on any atom is 0.363 e. The predicted molar refractivity (Wildman–Crippen MR) is 101 cm³/mol. The topological polar surface area (TPSA) is 76.0 Å². The SMILES string of the molecule is CCN(CC)S(=O)(=O)c1cccc(C2=NC(=Cc3cccs3)C(=O)O2)c1. The highest BCUT2D eigenvalue weighted by Crippen LogP contribution is 2.23. The Morgan fingerprint density at radius 1 is 1.19 bits per heavy atom. The molecule has 136 valence electrons. The van der Waals surface area contributed by atoms with Gasteiger partial charge in [0.05, 0.1) is 4.90 Å². The summed E-state index contributed by atoms with van der Waals surface area (Å²) in [6.07, 6.45) is 1.65. The molecule has 0 unspecified atom stereocenters. The fourth-order valence-corrected chi connectivity index (χ4v) is 4.70. The van der Waals surface area contributed by atoms with Crippen molar-refractivity contribution in [2.45, 2.75) is 18.7 Å². The van der Waals surface area contributed by atoms with Crippen LogP contribution in [0.15, 0.2) is 57.4 Å². The van der Waals surface area contributed by atoms with Gasteiger partial charge in [0, 0.05) is 23.5 Å². The van der Waals surface area contributed by atoms with Gasteiger partial charge in [-0.05, 0) is 35.7 Å². The number of aliphatic imine (C=N–C) groups is 1. The molecule has 0 radical (unpaired) electrons. The average Bonchev–Trinajstić information content (AvgIpc) is 3.27. The Balaban J connectivity index is 1.95.